The molecule has 1 heterocycles. The molecule has 0 aliphatic heterocycles. The predicted octanol–water partition coefficient (Wildman–Crippen LogP) is 4.43. The molecule has 4 nitrogen and oxygen atoms in total. The van der Waals surface area contributed by atoms with E-state index in [-0.39, 0.29) is 5.78 Å². The van der Waals surface area contributed by atoms with E-state index in [0.29, 0.717) is 21.3 Å². The van der Waals surface area contributed by atoms with Crippen molar-refractivity contribution in [2.24, 2.45) is 0 Å². The number of ether oxygens (including phenoxy) is 1. The maximum Gasteiger partial charge on any atom is 0.208 e. The second-order valence-electron chi connectivity index (χ2n) is 5.05. The highest BCUT2D eigenvalue weighted by atomic mass is 32.1. The largest absolute Gasteiger partial charge is 0.496 e. The Balaban J connectivity index is 1.83. The minimum absolute atomic E-state index is 0.0859. The van der Waals surface area contributed by atoms with Gasteiger partial charge in [-0.3, -0.25) is 4.79 Å². The number of aromatic nitrogens is 1. The van der Waals surface area contributed by atoms with Crippen LogP contribution in [0, 0.1) is 6.92 Å². The van der Waals surface area contributed by atoms with Gasteiger partial charge in [0, 0.05) is 5.69 Å². The zero-order chi connectivity index (χ0) is 16.2. The van der Waals surface area contributed by atoms with Crippen LogP contribution in [0.4, 0.5) is 10.8 Å². The first-order chi connectivity index (χ1) is 11.2. The van der Waals surface area contributed by atoms with Crippen LogP contribution in [0.5, 0.6) is 5.75 Å². The van der Waals surface area contributed by atoms with Gasteiger partial charge in [-0.05, 0) is 36.8 Å². The summed E-state index contributed by atoms with van der Waals surface area (Å²) in [6.45, 7) is 2.03. The molecule has 0 aliphatic rings. The quantitative estimate of drug-likeness (QED) is 0.705. The van der Waals surface area contributed by atoms with Gasteiger partial charge in [-0.25, -0.2) is 4.98 Å². The van der Waals surface area contributed by atoms with Crippen molar-refractivity contribution in [1.82, 2.24) is 4.98 Å². The van der Waals surface area contributed by atoms with E-state index in [4.69, 9.17) is 4.74 Å². The van der Waals surface area contributed by atoms with E-state index in [1.807, 2.05) is 43.3 Å². The summed E-state index contributed by atoms with van der Waals surface area (Å²) in [6.07, 6.45) is 1.59. The van der Waals surface area contributed by atoms with Crippen molar-refractivity contribution in [1.29, 1.82) is 0 Å². The average Bonchev–Trinajstić information content (AvgIpc) is 3.02. The summed E-state index contributed by atoms with van der Waals surface area (Å²) in [5.41, 5.74) is 2.66. The van der Waals surface area contributed by atoms with Crippen LogP contribution in [0.1, 0.15) is 20.8 Å². The number of para-hydroxylation sites is 1. The van der Waals surface area contributed by atoms with Crippen molar-refractivity contribution in [3.63, 3.8) is 0 Å². The molecule has 0 atom stereocenters. The number of methoxy groups -OCH3 is 1. The van der Waals surface area contributed by atoms with Gasteiger partial charge in [0.05, 0.1) is 23.7 Å². The Morgan fingerprint density at radius 1 is 1.17 bits per heavy atom. The van der Waals surface area contributed by atoms with Crippen LogP contribution in [0.3, 0.4) is 0 Å². The first-order valence-corrected chi connectivity index (χ1v) is 7.96. The number of anilines is 2. The van der Waals surface area contributed by atoms with E-state index in [1.54, 1.807) is 25.4 Å². The van der Waals surface area contributed by atoms with Crippen LogP contribution in [0.25, 0.3) is 0 Å². The molecule has 0 saturated heterocycles. The highest BCUT2D eigenvalue weighted by Crippen LogP contribution is 2.27. The van der Waals surface area contributed by atoms with Crippen molar-refractivity contribution >= 4 is 27.9 Å². The Bertz CT molecular complexity index is 842. The topological polar surface area (TPSA) is 51.2 Å². The molecular weight excluding hydrogens is 308 g/mol. The zero-order valence-corrected chi connectivity index (χ0v) is 13.7. The molecule has 0 aliphatic carbocycles. The molecule has 1 N–H and O–H groups in total. The van der Waals surface area contributed by atoms with Gasteiger partial charge >= 0.3 is 0 Å². The van der Waals surface area contributed by atoms with Crippen LogP contribution in [0.15, 0.2) is 54.7 Å². The Hall–Kier alpha value is -2.66. The maximum absolute atomic E-state index is 12.6. The summed E-state index contributed by atoms with van der Waals surface area (Å²) >= 11 is 1.33. The van der Waals surface area contributed by atoms with Crippen molar-refractivity contribution in [3.8, 4) is 5.75 Å². The zero-order valence-electron chi connectivity index (χ0n) is 12.9. The Kier molecular flexibility index (Phi) is 4.39. The van der Waals surface area contributed by atoms with Crippen LogP contribution < -0.4 is 10.1 Å². The first-order valence-electron chi connectivity index (χ1n) is 7.14. The van der Waals surface area contributed by atoms with Crippen molar-refractivity contribution in [3.05, 3.63) is 70.7 Å². The Labute approximate surface area is 138 Å². The third-order valence-corrected chi connectivity index (χ3v) is 4.26. The van der Waals surface area contributed by atoms with Gasteiger partial charge in [-0.1, -0.05) is 35.6 Å². The van der Waals surface area contributed by atoms with Crippen LogP contribution in [-0.2, 0) is 0 Å². The molecule has 0 radical (unpaired) electrons. The number of rotatable bonds is 5. The van der Waals surface area contributed by atoms with E-state index < -0.39 is 0 Å². The monoisotopic (exact) mass is 324 g/mol. The summed E-state index contributed by atoms with van der Waals surface area (Å²) in [5.74, 6) is 0.483. The maximum atomic E-state index is 12.6. The van der Waals surface area contributed by atoms with Crippen LogP contribution >= 0.6 is 11.3 Å². The molecule has 3 rings (SSSR count). The van der Waals surface area contributed by atoms with Crippen LogP contribution in [0.2, 0.25) is 0 Å². The minimum Gasteiger partial charge on any atom is -0.496 e. The van der Waals surface area contributed by atoms with Gasteiger partial charge in [-0.2, -0.15) is 0 Å². The Morgan fingerprint density at radius 2 is 2.00 bits per heavy atom. The Morgan fingerprint density at radius 3 is 2.78 bits per heavy atom. The first kappa shape index (κ1) is 15.2. The van der Waals surface area contributed by atoms with Crippen molar-refractivity contribution < 1.29 is 9.53 Å². The third-order valence-electron chi connectivity index (χ3n) is 3.35. The van der Waals surface area contributed by atoms with Crippen LogP contribution in [-0.4, -0.2) is 17.9 Å². The lowest BCUT2D eigenvalue weighted by molar-refractivity contribution is 0.103. The minimum atomic E-state index is -0.0859. The number of aryl methyl sites for hydroxylation is 1. The van der Waals surface area contributed by atoms with Crippen molar-refractivity contribution in [2.45, 2.75) is 6.92 Å². The SMILES string of the molecule is COc1ccccc1C(=O)c1cnc(Nc2cccc(C)c2)s1. The molecule has 0 bridgehead atoms. The van der Waals surface area contributed by atoms with Gasteiger partial charge in [0.25, 0.3) is 0 Å². The standard InChI is InChI=1S/C18H16N2O2S/c1-12-6-5-7-13(10-12)20-18-19-11-16(23-18)17(21)14-8-3-4-9-15(14)22-2/h3-11H,1-2H3,(H,19,20). The highest BCUT2D eigenvalue weighted by molar-refractivity contribution is 7.17. The highest BCUT2D eigenvalue weighted by Gasteiger charge is 2.16. The van der Waals surface area contributed by atoms with Crippen molar-refractivity contribution in [2.75, 3.05) is 12.4 Å². The molecule has 0 unspecified atom stereocenters. The normalized spacial score (nSPS) is 10.3. The number of nitrogens with zero attached hydrogens (tertiary/aromatic N) is 1. The number of hydrogen-bond donors (Lipinski definition) is 1. The number of thiazole rings is 1. The summed E-state index contributed by atoms with van der Waals surface area (Å²) in [5, 5.41) is 3.91. The fourth-order valence-electron chi connectivity index (χ4n) is 2.25. The van der Waals surface area contributed by atoms with E-state index in [1.165, 1.54) is 11.3 Å². The van der Waals surface area contributed by atoms with Gasteiger partial charge in [0.15, 0.2) is 5.13 Å². The van der Waals surface area contributed by atoms with Gasteiger partial charge in [-0.15, -0.1) is 0 Å². The molecular formula is C18H16N2O2S. The fourth-order valence-corrected chi connectivity index (χ4v) is 3.04. The van der Waals surface area contributed by atoms with Gasteiger partial charge in [0.1, 0.15) is 5.75 Å². The lowest BCUT2D eigenvalue weighted by Crippen LogP contribution is -2.01. The number of nitrogens with one attached hydrogen (secondary N) is 1. The second kappa shape index (κ2) is 6.62. The number of carbonyl (C=O) groups is 1. The molecule has 23 heavy (non-hydrogen) atoms. The smallest absolute Gasteiger partial charge is 0.208 e. The summed E-state index contributed by atoms with van der Waals surface area (Å²) in [6, 6.07) is 15.2. The number of hydrogen-bond acceptors (Lipinski definition) is 5. The second-order valence-corrected chi connectivity index (χ2v) is 6.08. The summed E-state index contributed by atoms with van der Waals surface area (Å²) in [7, 11) is 1.56. The fraction of sp³-hybridized carbons (Fsp3) is 0.111. The molecule has 1 aromatic heterocycles. The molecule has 5 heteroatoms. The molecule has 0 spiro atoms. The van der Waals surface area contributed by atoms with E-state index in [2.05, 4.69) is 10.3 Å². The summed E-state index contributed by atoms with van der Waals surface area (Å²) in [4.78, 5) is 17.5. The molecule has 116 valence electrons. The van der Waals surface area contributed by atoms with E-state index >= 15 is 0 Å². The van der Waals surface area contributed by atoms with Gasteiger partial charge in [0.2, 0.25) is 5.78 Å². The van der Waals surface area contributed by atoms with Gasteiger partial charge < -0.3 is 10.1 Å². The van der Waals surface area contributed by atoms with E-state index in [0.717, 1.165) is 11.3 Å². The summed E-state index contributed by atoms with van der Waals surface area (Å²) < 4.78 is 5.25. The molecule has 0 amide bonds. The molecule has 2 aromatic carbocycles. The lowest BCUT2D eigenvalue weighted by Gasteiger charge is -2.05. The average molecular weight is 324 g/mol. The van der Waals surface area contributed by atoms with E-state index in [9.17, 15) is 4.79 Å². The number of benzene rings is 2. The predicted molar refractivity (Wildman–Crippen MR) is 93.0 cm³/mol. The molecule has 0 saturated carbocycles. The number of ketones is 1. The number of carbonyl (C=O) groups excluding carboxylic acids is 1. The molecule has 3 aromatic rings. The third kappa shape index (κ3) is 3.40. The molecule has 0 fully saturated rings. The lowest BCUT2D eigenvalue weighted by atomic mass is 10.1.